The van der Waals surface area contributed by atoms with Gasteiger partial charge in [0.1, 0.15) is 0 Å². The monoisotopic (exact) mass is 632 g/mol. The van der Waals surface area contributed by atoms with Crippen LogP contribution in [0.3, 0.4) is 0 Å². The van der Waals surface area contributed by atoms with Crippen molar-refractivity contribution in [2.75, 3.05) is 0 Å². The zero-order chi connectivity index (χ0) is 30.1. The predicted octanol–water partition coefficient (Wildman–Crippen LogP) is -3.09. The molecule has 0 aromatic heterocycles. The number of hydrogen-bond donors (Lipinski definition) is 6. The molecule has 42 heavy (non-hydrogen) atoms. The summed E-state index contributed by atoms with van der Waals surface area (Å²) < 4.78 is 0. The number of carbonyl (C=O) groups is 9. The predicted molar refractivity (Wildman–Crippen MR) is 142 cm³/mol. The van der Waals surface area contributed by atoms with Crippen LogP contribution in [0.1, 0.15) is 70.6 Å². The zero-order valence-corrected chi connectivity index (χ0v) is 20.5. The second kappa shape index (κ2) is 19.8. The van der Waals surface area contributed by atoms with Gasteiger partial charge >= 0.3 is 119 Å². The number of aliphatic carboxylic acids is 5. The average molecular weight is 632 g/mol. The maximum absolute atomic E-state index is 12.2. The van der Waals surface area contributed by atoms with Crippen molar-refractivity contribution < 1.29 is 73.8 Å². The van der Waals surface area contributed by atoms with Gasteiger partial charge in [0, 0.05) is 38.5 Å². The second-order valence-electron chi connectivity index (χ2n) is 8.80. The summed E-state index contributed by atoms with van der Waals surface area (Å²) in [7, 11) is 0. The molecule has 2 aliphatic heterocycles. The Balaban J connectivity index is -0.000000820. The molecule has 2 fully saturated rings. The van der Waals surface area contributed by atoms with Gasteiger partial charge in [0.2, 0.25) is 29.3 Å². The maximum atomic E-state index is 12.2. The van der Waals surface area contributed by atoms with Crippen molar-refractivity contribution in [1.29, 1.82) is 0 Å². The van der Waals surface area contributed by atoms with E-state index in [0.29, 0.717) is 16.2 Å². The van der Waals surface area contributed by atoms with Crippen LogP contribution in [0.4, 0.5) is 0 Å². The van der Waals surface area contributed by atoms with Crippen molar-refractivity contribution >= 4 is 142 Å². The van der Waals surface area contributed by atoms with Crippen LogP contribution in [0.25, 0.3) is 0 Å². The van der Waals surface area contributed by atoms with Gasteiger partial charge in [-0.05, 0) is 12.8 Å². The Morgan fingerprint density at radius 1 is 0.571 bits per heavy atom. The molecule has 4 amide bonds. The van der Waals surface area contributed by atoms with Crippen LogP contribution < -0.4 is 0 Å². The van der Waals surface area contributed by atoms with E-state index >= 15 is 0 Å². The van der Waals surface area contributed by atoms with Crippen molar-refractivity contribution in [3.8, 4) is 0 Å². The van der Waals surface area contributed by atoms with Gasteiger partial charge < -0.3 is 30.6 Å². The molecule has 2 heterocycles. The van der Waals surface area contributed by atoms with Gasteiger partial charge in [-0.2, -0.15) is 0 Å². The Bertz CT molecular complexity index is 997. The number of likely N-dealkylation sites (tertiary alicyclic amines) is 2. The number of unbranched alkanes of at least 4 members (excludes halogenated alkanes) is 2. The third-order valence-electron chi connectivity index (χ3n) is 5.89. The Kier molecular flexibility index (Phi) is 21.2. The summed E-state index contributed by atoms with van der Waals surface area (Å²) in [4.78, 5) is 103. The Morgan fingerprint density at radius 3 is 1.19 bits per heavy atom. The van der Waals surface area contributed by atoms with Crippen molar-refractivity contribution in [1.82, 2.24) is 9.80 Å². The van der Waals surface area contributed by atoms with Crippen molar-refractivity contribution in [3.05, 3.63) is 0 Å². The molecule has 6 N–H and O–H groups in total. The molecule has 2 saturated heterocycles. The van der Waals surface area contributed by atoms with E-state index in [4.69, 9.17) is 25.5 Å². The number of amides is 4. The van der Waals surface area contributed by atoms with Gasteiger partial charge in [-0.3, -0.25) is 33.6 Å². The van der Waals surface area contributed by atoms with Crippen molar-refractivity contribution in [3.63, 3.8) is 0 Å². The first-order chi connectivity index (χ1) is 18.0. The Morgan fingerprint density at radius 2 is 0.929 bits per heavy atom. The fourth-order valence-electron chi connectivity index (χ4n) is 4.14. The van der Waals surface area contributed by atoms with Gasteiger partial charge in [-0.25, -0.2) is 19.4 Å². The molecule has 0 atom stereocenters. The fraction of sp³-hybridized carbons (Fsp3) is 0.591. The van der Waals surface area contributed by atoms with Gasteiger partial charge in [-0.1, -0.05) is 6.42 Å². The van der Waals surface area contributed by atoms with E-state index in [1.807, 2.05) is 0 Å². The summed E-state index contributed by atoms with van der Waals surface area (Å²) >= 11 is 0. The molecule has 0 aromatic rings. The molecule has 222 valence electrons. The van der Waals surface area contributed by atoms with Crippen LogP contribution in [0.15, 0.2) is 0 Å². The summed E-state index contributed by atoms with van der Waals surface area (Å²) in [6, 6.07) is 0. The Hall–Kier alpha value is -1.41. The summed E-state index contributed by atoms with van der Waals surface area (Å²) in [5, 5.41) is 52.3. The number of imide groups is 2. The molecule has 0 radical (unpaired) electrons. The number of nitrogens with zero attached hydrogens (tertiary/aromatic N) is 2. The van der Waals surface area contributed by atoms with E-state index in [0.717, 1.165) is 0 Å². The van der Waals surface area contributed by atoms with Crippen LogP contribution in [-0.4, -0.2) is 194 Å². The summed E-state index contributed by atoms with van der Waals surface area (Å²) in [5.74, 6) is -10.6. The number of hydrogen-bond acceptors (Lipinski definition) is 10. The third kappa shape index (κ3) is 11.9. The summed E-state index contributed by atoms with van der Waals surface area (Å²) in [5.41, 5.74) is -5.11. The molecule has 0 aliphatic carbocycles. The van der Waals surface area contributed by atoms with E-state index in [-0.39, 0.29) is 140 Å². The molecule has 0 saturated carbocycles. The van der Waals surface area contributed by atoms with E-state index in [1.165, 1.54) is 0 Å². The summed E-state index contributed by atoms with van der Waals surface area (Å²) in [6.45, 7) is 0. The van der Waals surface area contributed by atoms with E-state index in [2.05, 4.69) is 0 Å². The molecule has 17 nitrogen and oxygen atoms in total. The molecule has 2 aliphatic rings. The van der Waals surface area contributed by atoms with Crippen molar-refractivity contribution in [2.24, 2.45) is 0 Å². The molecule has 20 heteroatoms. The first-order valence-corrected chi connectivity index (χ1v) is 11.6. The van der Waals surface area contributed by atoms with Gasteiger partial charge in [0.25, 0.3) is 0 Å². The summed E-state index contributed by atoms with van der Waals surface area (Å²) in [6.07, 6.45) is -2.71. The zero-order valence-electron chi connectivity index (χ0n) is 20.5. The van der Waals surface area contributed by atoms with Crippen LogP contribution in [0.5, 0.6) is 0 Å². The van der Waals surface area contributed by atoms with E-state index < -0.39 is 77.6 Å². The number of rotatable bonds is 14. The van der Waals surface area contributed by atoms with Gasteiger partial charge in [-0.15, -0.1) is 0 Å². The number of carbonyl (C=O) groups excluding carboxylic acids is 4. The molecule has 0 spiro atoms. The normalized spacial score (nSPS) is 14.6. The minimum atomic E-state index is -2.74. The number of aliphatic hydroxyl groups is 1. The Labute approximate surface area is 304 Å². The standard InChI is InChI=1S/C16H20N2O8.C6H8O7.3Na.3H/c19-10-5-6-11(20)17(10)16(15(25)26,9-3-1-2-4-14(23)24)18-12(21)7-8-13(18)22;7-3(8)1-6(13,5(11)12)2-4(9)10;;;;;;/h1-9H2,(H,23,24)(H,25,26);13H,1-2H2,(H,7,8)(H,9,10)(H,11,12);;;;;;. The minimum absolute atomic E-state index is 0. The van der Waals surface area contributed by atoms with Crippen LogP contribution in [0, 0.1) is 0 Å². The first-order valence-electron chi connectivity index (χ1n) is 11.6. The van der Waals surface area contributed by atoms with Crippen LogP contribution in [0.2, 0.25) is 0 Å². The van der Waals surface area contributed by atoms with E-state index in [1.54, 1.807) is 0 Å². The van der Waals surface area contributed by atoms with E-state index in [9.17, 15) is 48.3 Å². The molecule has 0 aromatic carbocycles. The topological polar surface area (TPSA) is 281 Å². The number of carboxylic acid groups (broad SMARTS) is 5. The second-order valence-corrected chi connectivity index (χ2v) is 8.80. The quantitative estimate of drug-likeness (QED) is 0.0628. The average Bonchev–Trinajstić information content (AvgIpc) is 3.31. The molecule has 0 unspecified atom stereocenters. The number of carboxylic acids is 5. The van der Waals surface area contributed by atoms with Crippen LogP contribution in [-0.2, 0) is 43.2 Å². The molecular weight excluding hydrogens is 601 g/mol. The SMILES string of the molecule is O=C(O)CC(O)(CC(=O)O)C(=O)O.O=C(O)CCCCCC(C(=O)O)(N1C(=O)CCC1=O)N1C(=O)CCC1=O.[NaH].[NaH].[NaH]. The molecule has 0 bridgehead atoms. The van der Waals surface area contributed by atoms with Crippen LogP contribution >= 0.6 is 0 Å². The van der Waals surface area contributed by atoms with Gasteiger partial charge in [0.15, 0.2) is 5.60 Å². The molecular formula is C22H31N2Na3O15. The first kappa shape index (κ1) is 45.0. The third-order valence-corrected chi connectivity index (χ3v) is 5.89. The van der Waals surface area contributed by atoms with Gasteiger partial charge in [0.05, 0.1) is 12.8 Å². The molecule has 2 rings (SSSR count). The fourth-order valence-corrected chi connectivity index (χ4v) is 4.14. The van der Waals surface area contributed by atoms with Crippen molar-refractivity contribution in [2.45, 2.75) is 81.9 Å².